The first kappa shape index (κ1) is 16.6. The summed E-state index contributed by atoms with van der Waals surface area (Å²) in [5, 5.41) is 10.6. The van der Waals surface area contributed by atoms with Gasteiger partial charge in [0.15, 0.2) is 0 Å². The lowest BCUT2D eigenvalue weighted by molar-refractivity contribution is 0.276. The van der Waals surface area contributed by atoms with E-state index in [1.807, 2.05) is 19.3 Å². The van der Waals surface area contributed by atoms with E-state index in [2.05, 4.69) is 10.3 Å². The first-order chi connectivity index (χ1) is 11.7. The molecule has 0 spiro atoms. The van der Waals surface area contributed by atoms with Crippen molar-refractivity contribution in [2.45, 2.75) is 31.7 Å². The van der Waals surface area contributed by atoms with Gasteiger partial charge in [0, 0.05) is 48.2 Å². The van der Waals surface area contributed by atoms with Gasteiger partial charge in [0.2, 0.25) is 0 Å². The van der Waals surface area contributed by atoms with Crippen LogP contribution in [-0.2, 0) is 0 Å². The Labute approximate surface area is 143 Å². The molecule has 0 bridgehead atoms. The van der Waals surface area contributed by atoms with Crippen molar-refractivity contribution in [3.63, 3.8) is 0 Å². The van der Waals surface area contributed by atoms with Crippen molar-refractivity contribution in [1.29, 1.82) is 5.41 Å². The number of nitrogens with zero attached hydrogens (tertiary/aromatic N) is 2. The minimum atomic E-state index is 0.352. The molecule has 0 unspecified atom stereocenters. The zero-order chi connectivity index (χ0) is 17.1. The third-order valence-corrected chi connectivity index (χ3v) is 4.92. The predicted octanol–water partition coefficient (Wildman–Crippen LogP) is 2.01. The molecule has 2 saturated carbocycles. The average Bonchev–Trinajstić information content (AvgIpc) is 3.41. The number of nitrogens with two attached hydrogens (primary N) is 2. The summed E-state index contributed by atoms with van der Waals surface area (Å²) in [6.07, 6.45) is 9.30. The first-order valence-electron chi connectivity index (χ1n) is 8.57. The molecule has 0 amide bonds. The molecule has 6 heteroatoms. The Hall–Kier alpha value is -2.21. The van der Waals surface area contributed by atoms with Crippen LogP contribution in [0.3, 0.4) is 0 Å². The van der Waals surface area contributed by atoms with Gasteiger partial charge < -0.3 is 22.2 Å². The van der Waals surface area contributed by atoms with Crippen molar-refractivity contribution >= 4 is 23.7 Å². The van der Waals surface area contributed by atoms with Gasteiger partial charge in [0.1, 0.15) is 0 Å². The van der Waals surface area contributed by atoms with Crippen molar-refractivity contribution in [1.82, 2.24) is 4.98 Å². The molecule has 0 saturated heterocycles. The highest BCUT2D eigenvalue weighted by atomic mass is 14.9. The fourth-order valence-corrected chi connectivity index (χ4v) is 3.04. The normalized spacial score (nSPS) is 24.4. The molecular formula is C18H26N6. The van der Waals surface area contributed by atoms with Crippen LogP contribution in [0.4, 0.5) is 5.69 Å². The number of hydrogen-bond donors (Lipinski definition) is 4. The molecule has 6 nitrogen and oxygen atoms in total. The fourth-order valence-electron chi connectivity index (χ4n) is 3.04. The third kappa shape index (κ3) is 3.48. The van der Waals surface area contributed by atoms with Gasteiger partial charge in [0.25, 0.3) is 0 Å². The second-order valence-electron chi connectivity index (χ2n) is 6.70. The van der Waals surface area contributed by atoms with Crippen LogP contribution in [0.1, 0.15) is 36.9 Å². The minimum absolute atomic E-state index is 0.352. The molecule has 3 rings (SSSR count). The molecule has 2 aliphatic carbocycles. The summed E-state index contributed by atoms with van der Waals surface area (Å²) in [7, 11) is 1.84. The zero-order valence-corrected chi connectivity index (χ0v) is 14.1. The molecule has 0 aliphatic heterocycles. The van der Waals surface area contributed by atoms with Crippen LogP contribution in [0, 0.1) is 17.2 Å². The van der Waals surface area contributed by atoms with Crippen LogP contribution in [0.5, 0.6) is 0 Å². The Kier molecular flexibility index (Phi) is 4.94. The molecule has 24 heavy (non-hydrogen) atoms. The Morgan fingerprint density at radius 2 is 2.21 bits per heavy atom. The molecule has 1 aromatic rings. The smallest absolute Gasteiger partial charge is 0.0755 e. The first-order valence-corrected chi connectivity index (χ1v) is 8.57. The van der Waals surface area contributed by atoms with Gasteiger partial charge in [-0.1, -0.05) is 0 Å². The number of hydrogen-bond acceptors (Lipinski definition) is 6. The number of anilines is 1. The van der Waals surface area contributed by atoms with E-state index in [1.165, 1.54) is 6.21 Å². The van der Waals surface area contributed by atoms with Gasteiger partial charge in [-0.05, 0) is 50.1 Å². The number of nitrogens with one attached hydrogen (secondary N) is 2. The molecular weight excluding hydrogens is 300 g/mol. The number of aromatic nitrogens is 1. The van der Waals surface area contributed by atoms with E-state index in [0.717, 1.165) is 60.4 Å². The molecule has 0 atom stereocenters. The summed E-state index contributed by atoms with van der Waals surface area (Å²) in [6, 6.07) is 2.30. The molecule has 2 aliphatic rings. The van der Waals surface area contributed by atoms with Gasteiger partial charge in [0.05, 0.1) is 11.7 Å². The van der Waals surface area contributed by atoms with Crippen molar-refractivity contribution in [3.8, 4) is 0 Å². The largest absolute Gasteiger partial charge is 0.401 e. The summed E-state index contributed by atoms with van der Waals surface area (Å²) < 4.78 is 0. The molecule has 0 radical (unpaired) electrons. The van der Waals surface area contributed by atoms with E-state index < -0.39 is 0 Å². The minimum Gasteiger partial charge on any atom is -0.401 e. The van der Waals surface area contributed by atoms with Gasteiger partial charge in [-0.25, -0.2) is 0 Å². The van der Waals surface area contributed by atoms with Gasteiger partial charge in [-0.3, -0.25) is 9.98 Å². The van der Waals surface area contributed by atoms with Crippen molar-refractivity contribution in [3.05, 3.63) is 29.2 Å². The Bertz CT molecular complexity index is 668. The van der Waals surface area contributed by atoms with Crippen molar-refractivity contribution in [2.75, 3.05) is 18.9 Å². The maximum atomic E-state index is 7.46. The summed E-state index contributed by atoms with van der Waals surface area (Å²) >= 11 is 0. The summed E-state index contributed by atoms with van der Waals surface area (Å²) in [5.74, 6) is 1.06. The maximum Gasteiger partial charge on any atom is 0.0755 e. The predicted molar refractivity (Wildman–Crippen MR) is 99.6 cm³/mol. The highest BCUT2D eigenvalue weighted by Gasteiger charge is 2.29. The van der Waals surface area contributed by atoms with Crippen LogP contribution in [0.25, 0.3) is 5.57 Å². The molecule has 128 valence electrons. The summed E-state index contributed by atoms with van der Waals surface area (Å²) in [6.45, 7) is 0.747. The van der Waals surface area contributed by atoms with Crippen molar-refractivity contribution in [2.24, 2.45) is 28.3 Å². The maximum absolute atomic E-state index is 7.46. The topological polar surface area (TPSA) is 113 Å². The Morgan fingerprint density at radius 3 is 2.79 bits per heavy atom. The average molecular weight is 326 g/mol. The number of aliphatic imine (C=N–C) groups is 1. The standard InChI is InChI=1S/C18H26N6/c1-22-16-6-17(24-9-13(16)8-20)15(18(21)12-2-3-12)10-23-14-4-11(5-14)7-19/h6,8-12,14,20H,2-5,7,19,21H2,1H3,(H,22,24). The molecule has 1 aromatic heterocycles. The second kappa shape index (κ2) is 7.13. The molecule has 6 N–H and O–H groups in total. The lowest BCUT2D eigenvalue weighted by Gasteiger charge is -2.31. The van der Waals surface area contributed by atoms with Crippen LogP contribution < -0.4 is 16.8 Å². The number of rotatable bonds is 7. The van der Waals surface area contributed by atoms with E-state index in [-0.39, 0.29) is 0 Å². The molecule has 1 heterocycles. The van der Waals surface area contributed by atoms with E-state index in [9.17, 15) is 0 Å². The molecule has 0 aromatic carbocycles. The Balaban J connectivity index is 1.87. The molecule has 2 fully saturated rings. The van der Waals surface area contributed by atoms with Crippen LogP contribution in [0.2, 0.25) is 0 Å². The lowest BCUT2D eigenvalue weighted by Crippen LogP contribution is -2.32. The number of pyridine rings is 1. The van der Waals surface area contributed by atoms with Crippen LogP contribution in [-0.4, -0.2) is 37.0 Å². The second-order valence-corrected chi connectivity index (χ2v) is 6.70. The summed E-state index contributed by atoms with van der Waals surface area (Å²) in [5.41, 5.74) is 16.3. The highest BCUT2D eigenvalue weighted by molar-refractivity contribution is 6.10. The van der Waals surface area contributed by atoms with Crippen LogP contribution in [0.15, 0.2) is 23.0 Å². The quantitative estimate of drug-likeness (QED) is 0.574. The SMILES string of the molecule is CNc1cc(C(C=NC2CC(CN)C2)=C(N)C2CC2)ncc1C=N. The zero-order valence-electron chi connectivity index (χ0n) is 14.1. The lowest BCUT2D eigenvalue weighted by atomic mass is 9.81. The van der Waals surface area contributed by atoms with E-state index in [1.54, 1.807) is 6.20 Å². The van der Waals surface area contributed by atoms with E-state index in [0.29, 0.717) is 17.9 Å². The monoisotopic (exact) mass is 326 g/mol. The fraction of sp³-hybridized carbons (Fsp3) is 0.500. The highest BCUT2D eigenvalue weighted by Crippen LogP contribution is 2.37. The van der Waals surface area contributed by atoms with Gasteiger partial charge in [-0.15, -0.1) is 0 Å². The van der Waals surface area contributed by atoms with Crippen molar-refractivity contribution < 1.29 is 0 Å². The number of allylic oxidation sites excluding steroid dienone is 2. The van der Waals surface area contributed by atoms with Gasteiger partial charge in [-0.2, -0.15) is 0 Å². The van der Waals surface area contributed by atoms with Gasteiger partial charge >= 0.3 is 0 Å². The Morgan fingerprint density at radius 1 is 1.46 bits per heavy atom. The third-order valence-electron chi connectivity index (χ3n) is 4.92. The van der Waals surface area contributed by atoms with E-state index in [4.69, 9.17) is 21.9 Å². The van der Waals surface area contributed by atoms with E-state index >= 15 is 0 Å². The van der Waals surface area contributed by atoms with Crippen LogP contribution >= 0.6 is 0 Å². The summed E-state index contributed by atoms with van der Waals surface area (Å²) in [4.78, 5) is 9.21.